The van der Waals surface area contributed by atoms with Crippen LogP contribution in [0.3, 0.4) is 0 Å². The van der Waals surface area contributed by atoms with Crippen molar-refractivity contribution in [1.82, 2.24) is 10.7 Å². The number of nitrogens with zero attached hydrogens (tertiary/aromatic N) is 1. The molecular formula is C14H11Cl2N3O2S. The van der Waals surface area contributed by atoms with Gasteiger partial charge in [-0.2, -0.15) is 5.10 Å². The Kier molecular flexibility index (Phi) is 5.94. The van der Waals surface area contributed by atoms with Gasteiger partial charge < -0.3 is 5.32 Å². The van der Waals surface area contributed by atoms with Gasteiger partial charge in [0.25, 0.3) is 11.8 Å². The maximum atomic E-state index is 11.9. The van der Waals surface area contributed by atoms with Crippen molar-refractivity contribution in [1.29, 1.82) is 0 Å². The van der Waals surface area contributed by atoms with Gasteiger partial charge in [-0.15, -0.1) is 11.3 Å². The number of carbonyl (C=O) groups is 2. The molecular weight excluding hydrogens is 345 g/mol. The predicted octanol–water partition coefficient (Wildman–Crippen LogP) is 2.94. The molecule has 5 nitrogen and oxygen atoms in total. The van der Waals surface area contributed by atoms with Gasteiger partial charge in [-0.1, -0.05) is 29.3 Å². The molecule has 8 heteroatoms. The Hall–Kier alpha value is -1.89. The molecule has 0 saturated carbocycles. The molecule has 0 bridgehead atoms. The van der Waals surface area contributed by atoms with E-state index in [1.54, 1.807) is 6.07 Å². The number of halogens is 2. The summed E-state index contributed by atoms with van der Waals surface area (Å²) in [7, 11) is 0. The Morgan fingerprint density at radius 2 is 2.09 bits per heavy atom. The summed E-state index contributed by atoms with van der Waals surface area (Å²) >= 11 is 13.2. The van der Waals surface area contributed by atoms with Crippen LogP contribution in [0.2, 0.25) is 10.0 Å². The number of thiophene rings is 1. The van der Waals surface area contributed by atoms with E-state index < -0.39 is 11.8 Å². The summed E-state index contributed by atoms with van der Waals surface area (Å²) in [6.07, 6.45) is 1.53. The number of amides is 2. The van der Waals surface area contributed by atoms with Gasteiger partial charge >= 0.3 is 0 Å². The van der Waals surface area contributed by atoms with E-state index in [1.807, 2.05) is 17.5 Å². The Balaban J connectivity index is 1.81. The second kappa shape index (κ2) is 7.93. The summed E-state index contributed by atoms with van der Waals surface area (Å²) in [4.78, 5) is 24.4. The van der Waals surface area contributed by atoms with Crippen LogP contribution >= 0.6 is 34.5 Å². The van der Waals surface area contributed by atoms with Crippen molar-refractivity contribution in [3.63, 3.8) is 0 Å². The second-order valence-corrected chi connectivity index (χ2v) is 5.94. The van der Waals surface area contributed by atoms with Crippen molar-refractivity contribution in [2.45, 2.75) is 0 Å². The van der Waals surface area contributed by atoms with Crippen molar-refractivity contribution in [2.24, 2.45) is 5.10 Å². The van der Waals surface area contributed by atoms with Crippen molar-refractivity contribution >= 4 is 52.6 Å². The maximum Gasteiger partial charge on any atom is 0.259 e. The van der Waals surface area contributed by atoms with Gasteiger partial charge in [0.15, 0.2) is 0 Å². The van der Waals surface area contributed by atoms with Crippen LogP contribution in [0.25, 0.3) is 0 Å². The summed E-state index contributed by atoms with van der Waals surface area (Å²) in [6, 6.07) is 8.25. The van der Waals surface area contributed by atoms with E-state index in [2.05, 4.69) is 15.8 Å². The normalized spacial score (nSPS) is 10.6. The topological polar surface area (TPSA) is 70.6 Å². The lowest BCUT2D eigenvalue weighted by Gasteiger charge is -2.06. The number of hydrogen-bond acceptors (Lipinski definition) is 4. The van der Waals surface area contributed by atoms with Crippen LogP contribution in [-0.4, -0.2) is 24.6 Å². The first-order valence-electron chi connectivity index (χ1n) is 6.15. The molecule has 0 aliphatic heterocycles. The van der Waals surface area contributed by atoms with Gasteiger partial charge in [0.2, 0.25) is 0 Å². The van der Waals surface area contributed by atoms with Crippen molar-refractivity contribution in [2.75, 3.05) is 6.54 Å². The molecule has 2 rings (SSSR count). The van der Waals surface area contributed by atoms with Crippen molar-refractivity contribution < 1.29 is 9.59 Å². The molecule has 0 atom stereocenters. The monoisotopic (exact) mass is 355 g/mol. The first-order chi connectivity index (χ1) is 10.6. The third-order valence-corrected chi connectivity index (χ3v) is 3.86. The quantitative estimate of drug-likeness (QED) is 0.639. The zero-order valence-corrected chi connectivity index (χ0v) is 13.5. The van der Waals surface area contributed by atoms with Gasteiger partial charge in [0.1, 0.15) is 0 Å². The van der Waals surface area contributed by atoms with Gasteiger partial charge in [-0.05, 0) is 29.6 Å². The molecule has 1 heterocycles. The number of nitrogens with one attached hydrogen (secondary N) is 2. The number of hydrazone groups is 1. The molecule has 0 saturated heterocycles. The fourth-order valence-corrected chi connectivity index (χ4v) is 2.58. The fraction of sp³-hybridized carbons (Fsp3) is 0.0714. The van der Waals surface area contributed by atoms with E-state index in [0.717, 1.165) is 4.88 Å². The summed E-state index contributed by atoms with van der Waals surface area (Å²) in [5, 5.41) is 8.80. The fourth-order valence-electron chi connectivity index (χ4n) is 1.50. The molecule has 0 unspecified atom stereocenters. The predicted molar refractivity (Wildman–Crippen MR) is 88.9 cm³/mol. The van der Waals surface area contributed by atoms with Crippen LogP contribution in [0.1, 0.15) is 15.2 Å². The Morgan fingerprint density at radius 3 is 2.77 bits per heavy atom. The highest BCUT2D eigenvalue weighted by molar-refractivity contribution is 7.11. The second-order valence-electron chi connectivity index (χ2n) is 4.12. The lowest BCUT2D eigenvalue weighted by molar-refractivity contribution is -0.120. The zero-order chi connectivity index (χ0) is 15.9. The van der Waals surface area contributed by atoms with Crippen molar-refractivity contribution in [3.05, 3.63) is 56.2 Å². The smallest absolute Gasteiger partial charge is 0.259 e. The highest BCUT2D eigenvalue weighted by atomic mass is 35.5. The summed E-state index contributed by atoms with van der Waals surface area (Å²) < 4.78 is 0. The minimum absolute atomic E-state index is 0.209. The largest absolute Gasteiger partial charge is 0.343 e. The van der Waals surface area contributed by atoms with Crippen LogP contribution in [0.5, 0.6) is 0 Å². The number of hydrogen-bond donors (Lipinski definition) is 2. The number of benzene rings is 1. The van der Waals surface area contributed by atoms with Gasteiger partial charge in [-0.3, -0.25) is 9.59 Å². The minimum atomic E-state index is -0.459. The molecule has 2 amide bonds. The molecule has 114 valence electrons. The molecule has 0 radical (unpaired) electrons. The third-order valence-electron chi connectivity index (χ3n) is 2.51. The summed E-state index contributed by atoms with van der Waals surface area (Å²) in [5.41, 5.74) is 2.57. The standard InChI is InChI=1S/C14H11Cl2N3O2S/c15-9-3-4-11(12(16)6-9)14(21)17-8-13(20)19-18-7-10-2-1-5-22-10/h1-7H,8H2,(H,17,21)(H,19,20)/b18-7+. The third kappa shape index (κ3) is 4.84. The summed E-state index contributed by atoms with van der Waals surface area (Å²) in [6.45, 7) is -0.209. The molecule has 0 fully saturated rings. The average Bonchev–Trinajstić information content (AvgIpc) is 2.98. The Bertz CT molecular complexity index is 702. The number of rotatable bonds is 5. The Labute approximate surface area is 140 Å². The van der Waals surface area contributed by atoms with Gasteiger partial charge in [0.05, 0.1) is 23.3 Å². The van der Waals surface area contributed by atoms with E-state index in [0.29, 0.717) is 5.02 Å². The highest BCUT2D eigenvalue weighted by Gasteiger charge is 2.11. The van der Waals surface area contributed by atoms with Crippen LogP contribution in [0, 0.1) is 0 Å². The van der Waals surface area contributed by atoms with Crippen LogP contribution in [-0.2, 0) is 4.79 Å². The molecule has 1 aromatic heterocycles. The molecule has 22 heavy (non-hydrogen) atoms. The van der Waals surface area contributed by atoms with Gasteiger partial charge in [-0.25, -0.2) is 5.43 Å². The van der Waals surface area contributed by atoms with Crippen LogP contribution in [0.15, 0.2) is 40.8 Å². The van der Waals surface area contributed by atoms with E-state index in [-0.39, 0.29) is 17.1 Å². The van der Waals surface area contributed by atoms with Crippen LogP contribution < -0.4 is 10.7 Å². The molecule has 0 aliphatic rings. The molecule has 0 aliphatic carbocycles. The highest BCUT2D eigenvalue weighted by Crippen LogP contribution is 2.20. The molecule has 2 N–H and O–H groups in total. The molecule has 2 aromatic rings. The maximum absolute atomic E-state index is 11.9. The van der Waals surface area contributed by atoms with E-state index in [4.69, 9.17) is 23.2 Å². The average molecular weight is 356 g/mol. The zero-order valence-electron chi connectivity index (χ0n) is 11.2. The minimum Gasteiger partial charge on any atom is -0.343 e. The number of carbonyl (C=O) groups excluding carboxylic acids is 2. The van der Waals surface area contributed by atoms with E-state index >= 15 is 0 Å². The SMILES string of the molecule is O=C(CNC(=O)c1ccc(Cl)cc1Cl)N/N=C/c1cccs1. The van der Waals surface area contributed by atoms with Crippen molar-refractivity contribution in [3.8, 4) is 0 Å². The van der Waals surface area contributed by atoms with E-state index in [9.17, 15) is 9.59 Å². The lowest BCUT2D eigenvalue weighted by Crippen LogP contribution is -2.35. The molecule has 1 aromatic carbocycles. The Morgan fingerprint density at radius 1 is 1.27 bits per heavy atom. The molecule has 0 spiro atoms. The van der Waals surface area contributed by atoms with Gasteiger partial charge in [0, 0.05) is 9.90 Å². The van der Waals surface area contributed by atoms with E-state index in [1.165, 1.54) is 29.7 Å². The lowest BCUT2D eigenvalue weighted by atomic mass is 10.2. The first kappa shape index (κ1) is 16.5. The summed E-state index contributed by atoms with van der Waals surface area (Å²) in [5.74, 6) is -0.898. The first-order valence-corrected chi connectivity index (χ1v) is 7.78. The van der Waals surface area contributed by atoms with Crippen LogP contribution in [0.4, 0.5) is 0 Å².